The smallest absolute Gasteiger partial charge is 0.339 e. The van der Waals surface area contributed by atoms with E-state index in [1.165, 1.54) is 43.5 Å². The van der Waals surface area contributed by atoms with E-state index in [4.69, 9.17) is 0 Å². The maximum atomic E-state index is 12.6. The molecule has 0 bridgehead atoms. The molecule has 0 aliphatic carbocycles. The summed E-state index contributed by atoms with van der Waals surface area (Å²) in [5.74, 6) is -0.602. The standard InChI is InChI=1S/C19H22N2O5S/c1-13(2)12-20-18(22)14-8-10-15(11-9-14)27(24,25)21-17-7-5-4-6-16(17)19(23)26-3/h4-11,13,21H,12H2,1-3H3,(H,20,22). The first-order chi connectivity index (χ1) is 12.7. The second-order valence-electron chi connectivity index (χ2n) is 6.27. The molecule has 0 unspecified atom stereocenters. The number of hydrogen-bond acceptors (Lipinski definition) is 5. The molecule has 1 amide bonds. The SMILES string of the molecule is COC(=O)c1ccccc1NS(=O)(=O)c1ccc(C(=O)NCC(C)C)cc1. The van der Waals surface area contributed by atoms with Gasteiger partial charge in [0.2, 0.25) is 0 Å². The van der Waals surface area contributed by atoms with Gasteiger partial charge >= 0.3 is 5.97 Å². The Labute approximate surface area is 158 Å². The molecule has 7 nitrogen and oxygen atoms in total. The van der Waals surface area contributed by atoms with Crippen molar-refractivity contribution >= 4 is 27.6 Å². The van der Waals surface area contributed by atoms with Gasteiger partial charge in [0.1, 0.15) is 0 Å². The molecular weight excluding hydrogens is 368 g/mol. The first kappa shape index (κ1) is 20.4. The lowest BCUT2D eigenvalue weighted by Gasteiger charge is -2.12. The number of nitrogens with one attached hydrogen (secondary N) is 2. The van der Waals surface area contributed by atoms with Gasteiger partial charge in [-0.2, -0.15) is 0 Å². The van der Waals surface area contributed by atoms with Crippen molar-refractivity contribution < 1.29 is 22.7 Å². The number of sulfonamides is 1. The molecular formula is C19H22N2O5S. The van der Waals surface area contributed by atoms with Gasteiger partial charge in [-0.3, -0.25) is 9.52 Å². The van der Waals surface area contributed by atoms with Crippen LogP contribution < -0.4 is 10.0 Å². The molecule has 0 aromatic heterocycles. The molecule has 0 fully saturated rings. The summed E-state index contributed by atoms with van der Waals surface area (Å²) in [4.78, 5) is 23.8. The van der Waals surface area contributed by atoms with Crippen LogP contribution in [0.1, 0.15) is 34.6 Å². The maximum Gasteiger partial charge on any atom is 0.339 e. The summed E-state index contributed by atoms with van der Waals surface area (Å²) in [6, 6.07) is 11.7. The van der Waals surface area contributed by atoms with Crippen LogP contribution in [0, 0.1) is 5.92 Å². The van der Waals surface area contributed by atoms with Gasteiger partial charge < -0.3 is 10.1 Å². The Morgan fingerprint density at radius 2 is 1.67 bits per heavy atom. The molecule has 0 heterocycles. The van der Waals surface area contributed by atoms with E-state index in [2.05, 4.69) is 14.8 Å². The van der Waals surface area contributed by atoms with Crippen LogP contribution in [0.4, 0.5) is 5.69 Å². The third kappa shape index (κ3) is 5.30. The predicted octanol–water partition coefficient (Wildman–Crippen LogP) is 2.66. The van der Waals surface area contributed by atoms with Crippen LogP contribution >= 0.6 is 0 Å². The summed E-state index contributed by atoms with van der Waals surface area (Å²) in [5, 5.41) is 2.77. The van der Waals surface area contributed by atoms with E-state index < -0.39 is 16.0 Å². The number of hydrogen-bond donors (Lipinski definition) is 2. The van der Waals surface area contributed by atoms with E-state index in [1.807, 2.05) is 13.8 Å². The summed E-state index contributed by atoms with van der Waals surface area (Å²) in [6.07, 6.45) is 0. The van der Waals surface area contributed by atoms with Crippen LogP contribution in [-0.2, 0) is 14.8 Å². The highest BCUT2D eigenvalue weighted by Crippen LogP contribution is 2.21. The van der Waals surface area contributed by atoms with E-state index in [0.29, 0.717) is 18.0 Å². The number of carbonyl (C=O) groups excluding carboxylic acids is 2. The zero-order chi connectivity index (χ0) is 20.0. The van der Waals surface area contributed by atoms with Crippen LogP contribution in [0.25, 0.3) is 0 Å². The predicted molar refractivity (Wildman–Crippen MR) is 102 cm³/mol. The van der Waals surface area contributed by atoms with E-state index in [9.17, 15) is 18.0 Å². The average Bonchev–Trinajstić information content (AvgIpc) is 2.65. The van der Waals surface area contributed by atoms with Crippen LogP contribution in [0.5, 0.6) is 0 Å². The third-order valence-electron chi connectivity index (χ3n) is 3.67. The number of esters is 1. The van der Waals surface area contributed by atoms with Crippen molar-refractivity contribution in [2.75, 3.05) is 18.4 Å². The number of ether oxygens (including phenoxy) is 1. The summed E-state index contributed by atoms with van der Waals surface area (Å²) in [6.45, 7) is 4.49. The molecule has 2 N–H and O–H groups in total. The molecule has 2 aromatic rings. The van der Waals surface area contributed by atoms with Gasteiger partial charge in [-0.15, -0.1) is 0 Å². The first-order valence-corrected chi connectivity index (χ1v) is 9.81. The molecule has 0 radical (unpaired) electrons. The van der Waals surface area contributed by atoms with E-state index in [-0.39, 0.29) is 22.1 Å². The lowest BCUT2D eigenvalue weighted by Crippen LogP contribution is -2.27. The fourth-order valence-corrected chi connectivity index (χ4v) is 3.33. The van der Waals surface area contributed by atoms with E-state index in [1.54, 1.807) is 12.1 Å². The Hall–Kier alpha value is -2.87. The minimum Gasteiger partial charge on any atom is -0.465 e. The highest BCUT2D eigenvalue weighted by Gasteiger charge is 2.19. The van der Waals surface area contributed by atoms with Crippen molar-refractivity contribution in [1.82, 2.24) is 5.32 Å². The molecule has 0 aliphatic heterocycles. The Balaban J connectivity index is 2.21. The van der Waals surface area contributed by atoms with Crippen molar-refractivity contribution in [3.63, 3.8) is 0 Å². The number of carbonyl (C=O) groups is 2. The van der Waals surface area contributed by atoms with Crippen LogP contribution in [-0.4, -0.2) is 33.9 Å². The summed E-state index contributed by atoms with van der Waals surface area (Å²) < 4.78 is 32.2. The Bertz CT molecular complexity index is 921. The number of para-hydroxylation sites is 1. The van der Waals surface area contributed by atoms with Crippen LogP contribution in [0.2, 0.25) is 0 Å². The fourth-order valence-electron chi connectivity index (χ4n) is 2.25. The highest BCUT2D eigenvalue weighted by atomic mass is 32.2. The summed E-state index contributed by atoms with van der Waals surface area (Å²) in [5.41, 5.74) is 0.584. The largest absolute Gasteiger partial charge is 0.465 e. The summed E-state index contributed by atoms with van der Waals surface area (Å²) in [7, 11) is -2.72. The van der Waals surface area contributed by atoms with Crippen molar-refractivity contribution in [1.29, 1.82) is 0 Å². The lowest BCUT2D eigenvalue weighted by atomic mass is 10.2. The number of rotatable bonds is 7. The molecule has 0 saturated heterocycles. The molecule has 27 heavy (non-hydrogen) atoms. The van der Waals surface area contributed by atoms with Crippen molar-refractivity contribution in [2.45, 2.75) is 18.7 Å². The van der Waals surface area contributed by atoms with Gasteiger partial charge in [-0.05, 0) is 42.3 Å². The van der Waals surface area contributed by atoms with Gasteiger partial charge in [0.25, 0.3) is 15.9 Å². The van der Waals surface area contributed by atoms with Gasteiger partial charge in [-0.25, -0.2) is 13.2 Å². The Kier molecular flexibility index (Phi) is 6.57. The third-order valence-corrected chi connectivity index (χ3v) is 5.06. The monoisotopic (exact) mass is 390 g/mol. The quantitative estimate of drug-likeness (QED) is 0.708. The molecule has 0 atom stereocenters. The van der Waals surface area contributed by atoms with E-state index >= 15 is 0 Å². The van der Waals surface area contributed by atoms with Crippen LogP contribution in [0.15, 0.2) is 53.4 Å². The molecule has 0 saturated carbocycles. The molecule has 2 aromatic carbocycles. The second kappa shape index (κ2) is 8.68. The van der Waals surface area contributed by atoms with Crippen LogP contribution in [0.3, 0.4) is 0 Å². The van der Waals surface area contributed by atoms with Crippen molar-refractivity contribution in [3.05, 3.63) is 59.7 Å². The normalized spacial score (nSPS) is 11.1. The van der Waals surface area contributed by atoms with Crippen molar-refractivity contribution in [3.8, 4) is 0 Å². The topological polar surface area (TPSA) is 102 Å². The molecule has 144 valence electrons. The zero-order valence-electron chi connectivity index (χ0n) is 15.4. The van der Waals surface area contributed by atoms with Gasteiger partial charge in [0, 0.05) is 12.1 Å². The highest BCUT2D eigenvalue weighted by molar-refractivity contribution is 7.92. The number of amides is 1. The Morgan fingerprint density at radius 1 is 1.04 bits per heavy atom. The number of anilines is 1. The van der Waals surface area contributed by atoms with Gasteiger partial charge in [0.15, 0.2) is 0 Å². The Morgan fingerprint density at radius 3 is 2.26 bits per heavy atom. The molecule has 8 heteroatoms. The number of benzene rings is 2. The van der Waals surface area contributed by atoms with Gasteiger partial charge in [0.05, 0.1) is 23.3 Å². The second-order valence-corrected chi connectivity index (χ2v) is 7.95. The van der Waals surface area contributed by atoms with E-state index in [0.717, 1.165) is 0 Å². The first-order valence-electron chi connectivity index (χ1n) is 8.33. The average molecular weight is 390 g/mol. The molecule has 0 aliphatic rings. The lowest BCUT2D eigenvalue weighted by molar-refractivity contribution is 0.0601. The zero-order valence-corrected chi connectivity index (χ0v) is 16.2. The minimum absolute atomic E-state index is 0.0254. The van der Waals surface area contributed by atoms with Gasteiger partial charge in [-0.1, -0.05) is 26.0 Å². The van der Waals surface area contributed by atoms with Crippen molar-refractivity contribution in [2.24, 2.45) is 5.92 Å². The molecule has 0 spiro atoms. The minimum atomic E-state index is -3.94. The molecule has 2 rings (SSSR count). The number of methoxy groups -OCH3 is 1. The fraction of sp³-hybridized carbons (Fsp3) is 0.263. The summed E-state index contributed by atoms with van der Waals surface area (Å²) >= 11 is 0. The maximum absolute atomic E-state index is 12.6.